The molecule has 1 aliphatic heterocycles. The highest BCUT2D eigenvalue weighted by Crippen LogP contribution is 2.40. The smallest absolute Gasteiger partial charge is 0.295 e. The number of aliphatic hydroxyl groups is 1. The molecule has 1 aliphatic rings. The summed E-state index contributed by atoms with van der Waals surface area (Å²) in [7, 11) is 0. The fraction of sp³-hybridized carbons (Fsp3) is 0.304. The van der Waals surface area contributed by atoms with Crippen molar-refractivity contribution >= 4 is 29.1 Å². The van der Waals surface area contributed by atoms with E-state index in [0.29, 0.717) is 29.2 Å². The minimum absolute atomic E-state index is 0.00369. The highest BCUT2D eigenvalue weighted by atomic mass is 35.5. The number of rotatable bonds is 7. The zero-order valence-electron chi connectivity index (χ0n) is 16.8. The summed E-state index contributed by atoms with van der Waals surface area (Å²) in [6.45, 7) is 4.54. The van der Waals surface area contributed by atoms with Crippen molar-refractivity contribution in [3.63, 3.8) is 0 Å². The molecule has 6 nitrogen and oxygen atoms in total. The Hall–Kier alpha value is -2.83. The van der Waals surface area contributed by atoms with Gasteiger partial charge >= 0.3 is 0 Å². The highest BCUT2D eigenvalue weighted by Gasteiger charge is 2.45. The monoisotopic (exact) mass is 429 g/mol. The van der Waals surface area contributed by atoms with Gasteiger partial charge in [-0.25, -0.2) is 0 Å². The lowest BCUT2D eigenvalue weighted by Gasteiger charge is -2.25. The van der Waals surface area contributed by atoms with Gasteiger partial charge in [0.25, 0.3) is 11.7 Å². The summed E-state index contributed by atoms with van der Waals surface area (Å²) in [4.78, 5) is 27.1. The molecule has 0 bridgehead atoms. The molecule has 158 valence electrons. The molecular weight excluding hydrogens is 406 g/mol. The Morgan fingerprint density at radius 3 is 2.57 bits per heavy atom. The molecule has 1 amide bonds. The van der Waals surface area contributed by atoms with E-state index in [1.54, 1.807) is 30.3 Å². The van der Waals surface area contributed by atoms with Crippen LogP contribution in [0.25, 0.3) is 5.76 Å². The van der Waals surface area contributed by atoms with Crippen molar-refractivity contribution in [3.8, 4) is 5.75 Å². The number of phenols is 1. The highest BCUT2D eigenvalue weighted by molar-refractivity contribution is 6.46. The van der Waals surface area contributed by atoms with Crippen LogP contribution in [0.3, 0.4) is 0 Å². The molecule has 30 heavy (non-hydrogen) atoms. The molecule has 1 unspecified atom stereocenters. The van der Waals surface area contributed by atoms with Crippen LogP contribution in [0.1, 0.15) is 37.4 Å². The average molecular weight is 430 g/mol. The van der Waals surface area contributed by atoms with Crippen molar-refractivity contribution in [1.29, 1.82) is 0 Å². The normalized spacial score (nSPS) is 18.4. The van der Waals surface area contributed by atoms with E-state index in [4.69, 9.17) is 16.3 Å². The lowest BCUT2D eigenvalue weighted by Crippen LogP contribution is -2.31. The van der Waals surface area contributed by atoms with Gasteiger partial charge < -0.3 is 19.8 Å². The first-order valence-electron chi connectivity index (χ1n) is 9.74. The third-order valence-corrected chi connectivity index (χ3v) is 5.05. The quantitative estimate of drug-likeness (QED) is 0.297. The standard InChI is InChI=1S/C23H24ClNO5/c1-14(2)30-11-5-10-25-20(15-6-4-9-18(26)13-15)19(22(28)23(25)29)21(27)16-7-3-8-17(24)12-16/h3-4,6-9,12-14,20,26-27H,5,10-11H2,1-2H3/b21-19-. The summed E-state index contributed by atoms with van der Waals surface area (Å²) < 4.78 is 5.54. The number of halogens is 1. The summed E-state index contributed by atoms with van der Waals surface area (Å²) in [5.41, 5.74) is 0.842. The Bertz CT molecular complexity index is 985. The molecule has 1 heterocycles. The van der Waals surface area contributed by atoms with E-state index in [-0.39, 0.29) is 29.7 Å². The SMILES string of the molecule is CC(C)OCCCN1C(=O)C(=O)/C(=C(\O)c2cccc(Cl)c2)C1c1cccc(O)c1. The predicted molar refractivity (Wildman–Crippen MR) is 114 cm³/mol. The van der Waals surface area contributed by atoms with Crippen LogP contribution >= 0.6 is 11.6 Å². The number of carbonyl (C=O) groups excluding carboxylic acids is 2. The van der Waals surface area contributed by atoms with Crippen molar-refractivity contribution in [2.24, 2.45) is 0 Å². The molecule has 0 radical (unpaired) electrons. The summed E-state index contributed by atoms with van der Waals surface area (Å²) in [5, 5.41) is 21.3. The first kappa shape index (κ1) is 21.9. The summed E-state index contributed by atoms with van der Waals surface area (Å²) in [5.74, 6) is -1.77. The number of nitrogens with zero attached hydrogens (tertiary/aromatic N) is 1. The second-order valence-electron chi connectivity index (χ2n) is 7.37. The summed E-state index contributed by atoms with van der Waals surface area (Å²) in [6, 6.07) is 12.0. The fourth-order valence-electron chi connectivity index (χ4n) is 3.50. The van der Waals surface area contributed by atoms with Gasteiger partial charge in [0.2, 0.25) is 0 Å². The van der Waals surface area contributed by atoms with E-state index >= 15 is 0 Å². The number of amides is 1. The van der Waals surface area contributed by atoms with Crippen molar-refractivity contribution in [1.82, 2.24) is 4.90 Å². The van der Waals surface area contributed by atoms with E-state index in [1.165, 1.54) is 23.1 Å². The Labute approximate surface area is 180 Å². The number of aliphatic hydroxyl groups excluding tert-OH is 1. The molecule has 0 saturated carbocycles. The number of phenolic OH excluding ortho intramolecular Hbond substituents is 1. The number of aromatic hydroxyl groups is 1. The van der Waals surface area contributed by atoms with Crippen molar-refractivity contribution in [3.05, 3.63) is 70.3 Å². The molecule has 1 saturated heterocycles. The van der Waals surface area contributed by atoms with Gasteiger partial charge in [0.1, 0.15) is 11.5 Å². The van der Waals surface area contributed by atoms with Crippen LogP contribution in [-0.2, 0) is 14.3 Å². The second kappa shape index (κ2) is 9.32. The van der Waals surface area contributed by atoms with Gasteiger partial charge in [-0.3, -0.25) is 9.59 Å². The van der Waals surface area contributed by atoms with Crippen LogP contribution in [0.15, 0.2) is 54.1 Å². The van der Waals surface area contributed by atoms with Gasteiger partial charge in [-0.15, -0.1) is 0 Å². The van der Waals surface area contributed by atoms with E-state index in [9.17, 15) is 19.8 Å². The Balaban J connectivity index is 2.04. The maximum absolute atomic E-state index is 12.9. The maximum Gasteiger partial charge on any atom is 0.295 e. The number of ketones is 1. The van der Waals surface area contributed by atoms with Crippen molar-refractivity contribution < 1.29 is 24.5 Å². The van der Waals surface area contributed by atoms with Gasteiger partial charge in [-0.1, -0.05) is 35.9 Å². The first-order chi connectivity index (χ1) is 14.3. The van der Waals surface area contributed by atoms with E-state index < -0.39 is 17.7 Å². The van der Waals surface area contributed by atoms with Gasteiger partial charge in [-0.05, 0) is 50.1 Å². The van der Waals surface area contributed by atoms with Gasteiger partial charge in [0.05, 0.1) is 17.7 Å². The largest absolute Gasteiger partial charge is 0.508 e. The molecular formula is C23H24ClNO5. The second-order valence-corrected chi connectivity index (χ2v) is 7.81. The van der Waals surface area contributed by atoms with Gasteiger partial charge in [-0.2, -0.15) is 0 Å². The van der Waals surface area contributed by atoms with Crippen LogP contribution in [-0.4, -0.2) is 46.1 Å². The zero-order valence-corrected chi connectivity index (χ0v) is 17.6. The summed E-state index contributed by atoms with van der Waals surface area (Å²) in [6.07, 6.45) is 0.586. The Kier molecular flexibility index (Phi) is 6.80. The third kappa shape index (κ3) is 4.66. The van der Waals surface area contributed by atoms with Crippen molar-refractivity contribution in [2.75, 3.05) is 13.2 Å². The minimum atomic E-state index is -0.824. The number of benzene rings is 2. The molecule has 0 spiro atoms. The van der Waals surface area contributed by atoms with E-state index in [1.807, 2.05) is 13.8 Å². The molecule has 0 aliphatic carbocycles. The van der Waals surface area contributed by atoms with Crippen molar-refractivity contribution in [2.45, 2.75) is 32.4 Å². The number of Topliss-reactive ketones (excluding diaryl/α,β-unsaturated/α-hetero) is 1. The predicted octanol–water partition coefficient (Wildman–Crippen LogP) is 4.28. The lowest BCUT2D eigenvalue weighted by atomic mass is 9.95. The van der Waals surface area contributed by atoms with Crippen LogP contribution in [0.4, 0.5) is 0 Å². The topological polar surface area (TPSA) is 87.1 Å². The molecule has 1 fully saturated rings. The van der Waals surface area contributed by atoms with Gasteiger partial charge in [0, 0.05) is 23.7 Å². The summed E-state index contributed by atoms with van der Waals surface area (Å²) >= 11 is 6.03. The van der Waals surface area contributed by atoms with Crippen LogP contribution in [0.5, 0.6) is 5.75 Å². The molecule has 2 aromatic carbocycles. The van der Waals surface area contributed by atoms with Gasteiger partial charge in [0.15, 0.2) is 0 Å². The Morgan fingerprint density at radius 2 is 1.90 bits per heavy atom. The number of hydrogen-bond acceptors (Lipinski definition) is 5. The number of ether oxygens (including phenoxy) is 1. The number of hydrogen-bond donors (Lipinski definition) is 2. The molecule has 1 atom stereocenters. The average Bonchev–Trinajstić information content (AvgIpc) is 2.95. The first-order valence-corrected chi connectivity index (χ1v) is 10.1. The molecule has 2 aromatic rings. The van der Waals surface area contributed by atoms with Crippen LogP contribution in [0.2, 0.25) is 5.02 Å². The molecule has 2 N–H and O–H groups in total. The number of carbonyl (C=O) groups is 2. The minimum Gasteiger partial charge on any atom is -0.508 e. The lowest BCUT2D eigenvalue weighted by molar-refractivity contribution is -0.140. The van der Waals surface area contributed by atoms with E-state index in [0.717, 1.165) is 0 Å². The third-order valence-electron chi connectivity index (χ3n) is 4.82. The van der Waals surface area contributed by atoms with Crippen LogP contribution in [0, 0.1) is 0 Å². The van der Waals surface area contributed by atoms with Crippen LogP contribution < -0.4 is 0 Å². The number of likely N-dealkylation sites (tertiary alicyclic amines) is 1. The molecule has 3 rings (SSSR count). The fourth-order valence-corrected chi connectivity index (χ4v) is 3.69. The maximum atomic E-state index is 12.9. The van der Waals surface area contributed by atoms with E-state index in [2.05, 4.69) is 0 Å². The zero-order chi connectivity index (χ0) is 21.8. The molecule has 7 heteroatoms. The molecule has 0 aromatic heterocycles. The Morgan fingerprint density at radius 1 is 1.17 bits per heavy atom.